The fourth-order valence-corrected chi connectivity index (χ4v) is 6.29. The molecule has 2 heterocycles. The third-order valence-corrected chi connectivity index (χ3v) is 7.84. The maximum absolute atomic E-state index is 12.9. The van der Waals surface area contributed by atoms with Crippen molar-refractivity contribution in [2.45, 2.75) is 17.4 Å². The number of aromatic nitrogens is 2. The summed E-state index contributed by atoms with van der Waals surface area (Å²) in [7, 11) is -4.48. The van der Waals surface area contributed by atoms with Crippen LogP contribution in [0.4, 0.5) is 0 Å². The average Bonchev–Trinajstić information content (AvgIpc) is 3.34. The number of aliphatic imine (C=N–C) groups is 1. The number of halogens is 3. The van der Waals surface area contributed by atoms with Crippen molar-refractivity contribution in [2.24, 2.45) is 4.99 Å². The summed E-state index contributed by atoms with van der Waals surface area (Å²) in [6.45, 7) is 1.85. The molecular weight excluding hydrogens is 579 g/mol. The van der Waals surface area contributed by atoms with Gasteiger partial charge in [-0.25, -0.2) is 13.4 Å². The van der Waals surface area contributed by atoms with E-state index in [9.17, 15) is 23.1 Å². The summed E-state index contributed by atoms with van der Waals surface area (Å²) in [6.07, 6.45) is -0.465. The third-order valence-electron chi connectivity index (χ3n) is 5.23. The van der Waals surface area contributed by atoms with Crippen LogP contribution in [0.5, 0.6) is 0 Å². The Morgan fingerprint density at radius 1 is 1.18 bits per heavy atom. The molecule has 0 bridgehead atoms. The van der Waals surface area contributed by atoms with Crippen LogP contribution in [-0.4, -0.2) is 61.1 Å². The van der Waals surface area contributed by atoms with E-state index in [1.54, 1.807) is 18.2 Å². The van der Waals surface area contributed by atoms with E-state index in [4.69, 9.17) is 34.8 Å². The summed E-state index contributed by atoms with van der Waals surface area (Å²) in [5.41, 5.74) is 0.327. The number of carboxylic acids is 1. The molecule has 0 spiro atoms. The zero-order chi connectivity index (χ0) is 27.4. The number of fused-ring (bicyclic) bond motifs is 1. The molecule has 4 rings (SSSR count). The first kappa shape index (κ1) is 27.7. The summed E-state index contributed by atoms with van der Waals surface area (Å²) in [5, 5.41) is 15.5. The summed E-state index contributed by atoms with van der Waals surface area (Å²) >= 11 is 17.8. The minimum atomic E-state index is -4.48. The molecule has 198 valence electrons. The molecule has 11 nitrogen and oxygen atoms in total. The molecule has 15 heteroatoms. The number of sulfonamides is 1. The van der Waals surface area contributed by atoms with E-state index < -0.39 is 38.9 Å². The quantitative estimate of drug-likeness (QED) is 0.257. The number of nitrogens with one attached hydrogen (secondary N) is 4. The first-order valence-electron chi connectivity index (χ1n) is 11.0. The number of hydrogen-bond acceptors (Lipinski definition) is 8. The van der Waals surface area contributed by atoms with Gasteiger partial charge in [-0.05, 0) is 30.3 Å². The number of benzene rings is 2. The molecule has 1 atom stereocenters. The minimum absolute atomic E-state index is 0.0428. The number of carbonyl (C=O) groups is 1. The minimum Gasteiger partial charge on any atom is -0.480 e. The van der Waals surface area contributed by atoms with E-state index in [-0.39, 0.29) is 31.8 Å². The maximum Gasteiger partial charge on any atom is 0.322 e. The van der Waals surface area contributed by atoms with Gasteiger partial charge in [0.15, 0.2) is 5.96 Å². The normalized spacial score (nSPS) is 13.8. The standard InChI is InChI=1S/C23H19Cl3N6O5S/c24-13-9-15(25)20(16(26)10-13)38(36,37)32-18(22(34)35)11-19-30-17-4-3-12(8-14(17)21(33)31-19)2-1-5-27-23-28-6-7-29-23/h3-4,8-10,18,32H,5-7,11H2,(H,34,35)(H2,27,28,29)(H,30,31,33)/t18-/m0/s1. The van der Waals surface area contributed by atoms with Crippen molar-refractivity contribution in [3.05, 3.63) is 67.1 Å². The second kappa shape index (κ2) is 11.6. The second-order valence-corrected chi connectivity index (χ2v) is 10.9. The lowest BCUT2D eigenvalue weighted by molar-refractivity contribution is -0.139. The molecule has 38 heavy (non-hydrogen) atoms. The lowest BCUT2D eigenvalue weighted by Gasteiger charge is -2.16. The fraction of sp³-hybridized carbons (Fsp3) is 0.217. The van der Waals surface area contributed by atoms with E-state index in [0.717, 1.165) is 6.54 Å². The van der Waals surface area contributed by atoms with Crippen molar-refractivity contribution in [3.63, 3.8) is 0 Å². The van der Waals surface area contributed by atoms with E-state index in [0.29, 0.717) is 24.6 Å². The highest BCUT2D eigenvalue weighted by molar-refractivity contribution is 7.89. The summed E-state index contributed by atoms with van der Waals surface area (Å²) in [6, 6.07) is 5.43. The van der Waals surface area contributed by atoms with Crippen LogP contribution in [0.25, 0.3) is 10.9 Å². The van der Waals surface area contributed by atoms with E-state index >= 15 is 0 Å². The molecule has 0 amide bonds. The predicted octanol–water partition coefficient (Wildman–Crippen LogP) is 1.76. The number of guanidine groups is 1. The highest BCUT2D eigenvalue weighted by Crippen LogP contribution is 2.32. The molecule has 0 saturated carbocycles. The van der Waals surface area contributed by atoms with Crippen molar-refractivity contribution in [2.75, 3.05) is 19.6 Å². The lowest BCUT2D eigenvalue weighted by atomic mass is 10.1. The Kier molecular flexibility index (Phi) is 8.44. The fourth-order valence-electron chi connectivity index (χ4n) is 3.56. The topological polar surface area (TPSA) is 166 Å². The Morgan fingerprint density at radius 2 is 1.92 bits per heavy atom. The molecule has 0 saturated heterocycles. The zero-order valence-electron chi connectivity index (χ0n) is 19.3. The molecule has 1 aliphatic heterocycles. The van der Waals surface area contributed by atoms with E-state index in [1.807, 2.05) is 4.72 Å². The molecular formula is C23H19Cl3N6O5S. The Balaban J connectivity index is 1.53. The molecule has 0 unspecified atom stereocenters. The van der Waals surface area contributed by atoms with Gasteiger partial charge in [-0.1, -0.05) is 46.6 Å². The number of hydrogen-bond donors (Lipinski definition) is 5. The zero-order valence-corrected chi connectivity index (χ0v) is 22.4. The summed E-state index contributed by atoms with van der Waals surface area (Å²) in [5.74, 6) is 5.02. The van der Waals surface area contributed by atoms with Gasteiger partial charge >= 0.3 is 5.97 Å². The van der Waals surface area contributed by atoms with Gasteiger partial charge in [0.2, 0.25) is 10.0 Å². The maximum atomic E-state index is 12.9. The highest BCUT2D eigenvalue weighted by atomic mass is 35.5. The molecule has 1 aliphatic rings. The van der Waals surface area contributed by atoms with Crippen LogP contribution < -0.4 is 20.9 Å². The first-order chi connectivity index (χ1) is 18.0. The van der Waals surface area contributed by atoms with Crippen LogP contribution in [-0.2, 0) is 21.2 Å². The molecule has 2 aromatic carbocycles. The van der Waals surface area contributed by atoms with Crippen LogP contribution in [0, 0.1) is 11.8 Å². The van der Waals surface area contributed by atoms with Crippen molar-refractivity contribution < 1.29 is 18.3 Å². The van der Waals surface area contributed by atoms with Gasteiger partial charge in [0.05, 0.1) is 34.0 Å². The number of aromatic amines is 1. The smallest absolute Gasteiger partial charge is 0.322 e. The molecule has 0 aliphatic carbocycles. The van der Waals surface area contributed by atoms with Crippen LogP contribution in [0.1, 0.15) is 11.4 Å². The summed E-state index contributed by atoms with van der Waals surface area (Å²) < 4.78 is 27.8. The highest BCUT2D eigenvalue weighted by Gasteiger charge is 2.30. The van der Waals surface area contributed by atoms with Gasteiger partial charge < -0.3 is 20.7 Å². The van der Waals surface area contributed by atoms with Crippen molar-refractivity contribution in [1.29, 1.82) is 0 Å². The molecule has 1 aromatic heterocycles. The van der Waals surface area contributed by atoms with Crippen molar-refractivity contribution in [3.8, 4) is 11.8 Å². The van der Waals surface area contributed by atoms with Crippen LogP contribution in [0.2, 0.25) is 15.1 Å². The van der Waals surface area contributed by atoms with Crippen molar-refractivity contribution >= 4 is 67.7 Å². The Morgan fingerprint density at radius 3 is 2.58 bits per heavy atom. The largest absolute Gasteiger partial charge is 0.480 e. The van der Waals surface area contributed by atoms with E-state index in [1.165, 1.54) is 12.1 Å². The number of carboxylic acid groups (broad SMARTS) is 1. The van der Waals surface area contributed by atoms with Crippen LogP contribution >= 0.6 is 34.8 Å². The van der Waals surface area contributed by atoms with Crippen LogP contribution in [0.3, 0.4) is 0 Å². The molecule has 3 aromatic rings. The number of H-pyrrole nitrogens is 1. The molecule has 0 radical (unpaired) electrons. The predicted molar refractivity (Wildman–Crippen MR) is 144 cm³/mol. The Hall–Kier alpha value is -3.34. The monoisotopic (exact) mass is 596 g/mol. The molecule has 0 fully saturated rings. The second-order valence-electron chi connectivity index (χ2n) is 7.97. The van der Waals surface area contributed by atoms with Gasteiger partial charge in [0, 0.05) is 23.6 Å². The van der Waals surface area contributed by atoms with Gasteiger partial charge in [0.25, 0.3) is 5.56 Å². The van der Waals surface area contributed by atoms with Gasteiger partial charge in [-0.2, -0.15) is 4.72 Å². The summed E-state index contributed by atoms with van der Waals surface area (Å²) in [4.78, 5) is 35.1. The number of aliphatic carboxylic acids is 1. The number of nitrogens with zero attached hydrogens (tertiary/aromatic N) is 2. The average molecular weight is 598 g/mol. The SMILES string of the molecule is O=C(O)[C@H](Cc1nc2ccc(C#CCNC3=NCCN3)cc2c(=O)[nH]1)NS(=O)(=O)c1c(Cl)cc(Cl)cc1Cl. The van der Waals surface area contributed by atoms with Crippen LogP contribution in [0.15, 0.2) is 45.0 Å². The van der Waals surface area contributed by atoms with Gasteiger partial charge in [-0.15, -0.1) is 0 Å². The van der Waals surface area contributed by atoms with Crippen molar-refractivity contribution in [1.82, 2.24) is 25.3 Å². The van der Waals surface area contributed by atoms with Gasteiger partial charge in [-0.3, -0.25) is 14.6 Å². The Bertz CT molecular complexity index is 1660. The van der Waals surface area contributed by atoms with E-state index in [2.05, 4.69) is 37.4 Å². The molecule has 5 N–H and O–H groups in total. The number of rotatable bonds is 7. The van der Waals surface area contributed by atoms with Gasteiger partial charge in [0.1, 0.15) is 16.8 Å². The lowest BCUT2D eigenvalue weighted by Crippen LogP contribution is -2.43. The third kappa shape index (κ3) is 6.56. The Labute approximate surface area is 231 Å². The first-order valence-corrected chi connectivity index (χ1v) is 13.6.